The van der Waals surface area contributed by atoms with Crippen molar-refractivity contribution in [2.45, 2.75) is 70.9 Å². The van der Waals surface area contributed by atoms with Crippen molar-refractivity contribution in [2.24, 2.45) is 5.92 Å². The van der Waals surface area contributed by atoms with Crippen molar-refractivity contribution in [3.8, 4) is 0 Å². The zero-order chi connectivity index (χ0) is 20.1. The molecular formula is C21H41FN2O3. The van der Waals surface area contributed by atoms with Crippen molar-refractivity contribution in [3.63, 3.8) is 0 Å². The standard InChI is InChI=1S/C21H41FN2O3/c1-20(2,3)26-11-10-24-14-17(19(16-24)25-6)13-21(4,5)27-12-9-23-8-7-18(22)15-23/h17-19H,7-16H2,1-6H3. The maximum atomic E-state index is 13.3. The molecule has 3 atom stereocenters. The molecule has 0 amide bonds. The van der Waals surface area contributed by atoms with E-state index < -0.39 is 6.17 Å². The first-order chi connectivity index (χ1) is 12.6. The Kier molecular flexibility index (Phi) is 8.50. The number of nitrogens with zero attached hydrogens (tertiary/aromatic N) is 2. The molecule has 2 heterocycles. The molecular weight excluding hydrogens is 347 g/mol. The lowest BCUT2D eigenvalue weighted by Gasteiger charge is -2.31. The summed E-state index contributed by atoms with van der Waals surface area (Å²) in [5.74, 6) is 0.460. The van der Waals surface area contributed by atoms with Crippen molar-refractivity contribution >= 4 is 0 Å². The van der Waals surface area contributed by atoms with Crippen LogP contribution in [-0.4, -0.2) is 92.9 Å². The van der Waals surface area contributed by atoms with Gasteiger partial charge in [-0.05, 0) is 47.5 Å². The molecule has 2 aliphatic heterocycles. The molecule has 2 aliphatic rings. The zero-order valence-corrected chi connectivity index (χ0v) is 18.3. The molecule has 3 unspecified atom stereocenters. The number of hydrogen-bond acceptors (Lipinski definition) is 5. The van der Waals surface area contributed by atoms with Gasteiger partial charge in [0.15, 0.2) is 0 Å². The summed E-state index contributed by atoms with van der Waals surface area (Å²) in [6.07, 6.45) is 1.21. The van der Waals surface area contributed by atoms with Gasteiger partial charge < -0.3 is 14.2 Å². The molecule has 160 valence electrons. The molecule has 0 aliphatic carbocycles. The van der Waals surface area contributed by atoms with E-state index in [-0.39, 0.29) is 17.3 Å². The summed E-state index contributed by atoms with van der Waals surface area (Å²) >= 11 is 0. The molecule has 0 radical (unpaired) electrons. The summed E-state index contributed by atoms with van der Waals surface area (Å²) in [4.78, 5) is 4.59. The summed E-state index contributed by atoms with van der Waals surface area (Å²) in [6.45, 7) is 17.1. The zero-order valence-electron chi connectivity index (χ0n) is 18.3. The smallest absolute Gasteiger partial charge is 0.114 e. The van der Waals surface area contributed by atoms with Gasteiger partial charge in [-0.25, -0.2) is 4.39 Å². The van der Waals surface area contributed by atoms with Gasteiger partial charge in [0, 0.05) is 52.3 Å². The van der Waals surface area contributed by atoms with Gasteiger partial charge in [0.25, 0.3) is 0 Å². The molecule has 0 aromatic carbocycles. The van der Waals surface area contributed by atoms with E-state index >= 15 is 0 Å². The van der Waals surface area contributed by atoms with E-state index in [0.29, 0.717) is 25.5 Å². The van der Waals surface area contributed by atoms with E-state index in [0.717, 1.165) is 45.8 Å². The van der Waals surface area contributed by atoms with Crippen LogP contribution in [0.3, 0.4) is 0 Å². The van der Waals surface area contributed by atoms with Crippen LogP contribution in [0.5, 0.6) is 0 Å². The fourth-order valence-corrected chi connectivity index (χ4v) is 4.18. The first-order valence-corrected chi connectivity index (χ1v) is 10.5. The van der Waals surface area contributed by atoms with Crippen molar-refractivity contribution in [1.82, 2.24) is 9.80 Å². The fraction of sp³-hybridized carbons (Fsp3) is 1.00. The Morgan fingerprint density at radius 3 is 2.19 bits per heavy atom. The van der Waals surface area contributed by atoms with E-state index in [1.54, 1.807) is 7.11 Å². The molecule has 2 rings (SSSR count). The summed E-state index contributed by atoms with van der Waals surface area (Å²) in [5.41, 5.74) is -0.290. The van der Waals surface area contributed by atoms with E-state index in [4.69, 9.17) is 14.2 Å². The Morgan fingerprint density at radius 2 is 1.59 bits per heavy atom. The number of rotatable bonds is 10. The molecule has 2 fully saturated rings. The number of ether oxygens (including phenoxy) is 3. The van der Waals surface area contributed by atoms with Gasteiger partial charge in [-0.3, -0.25) is 9.80 Å². The Bertz CT molecular complexity index is 442. The lowest BCUT2D eigenvalue weighted by Crippen LogP contribution is -2.35. The lowest BCUT2D eigenvalue weighted by atomic mass is 9.91. The minimum Gasteiger partial charge on any atom is -0.380 e. The highest BCUT2D eigenvalue weighted by Gasteiger charge is 2.37. The maximum Gasteiger partial charge on any atom is 0.114 e. The Labute approximate surface area is 165 Å². The van der Waals surface area contributed by atoms with Crippen LogP contribution < -0.4 is 0 Å². The minimum atomic E-state index is -0.660. The third kappa shape index (κ3) is 8.32. The predicted octanol–water partition coefficient (Wildman–Crippen LogP) is 2.98. The first-order valence-electron chi connectivity index (χ1n) is 10.5. The molecule has 0 bridgehead atoms. The van der Waals surface area contributed by atoms with Crippen molar-refractivity contribution < 1.29 is 18.6 Å². The molecule has 0 spiro atoms. The highest BCUT2D eigenvalue weighted by molar-refractivity contribution is 4.89. The van der Waals surface area contributed by atoms with Crippen LogP contribution in [0.4, 0.5) is 4.39 Å². The van der Waals surface area contributed by atoms with Gasteiger partial charge in [-0.2, -0.15) is 0 Å². The first kappa shape index (κ1) is 23.0. The molecule has 0 saturated carbocycles. The van der Waals surface area contributed by atoms with Crippen LogP contribution in [0.2, 0.25) is 0 Å². The Balaban J connectivity index is 1.72. The van der Waals surface area contributed by atoms with Crippen LogP contribution in [0.25, 0.3) is 0 Å². The summed E-state index contributed by atoms with van der Waals surface area (Å²) in [7, 11) is 1.81. The molecule has 27 heavy (non-hydrogen) atoms. The van der Waals surface area contributed by atoms with Crippen LogP contribution in [0.15, 0.2) is 0 Å². The second kappa shape index (κ2) is 9.97. The molecule has 6 heteroatoms. The molecule has 0 aromatic rings. The average molecular weight is 389 g/mol. The van der Waals surface area contributed by atoms with E-state index in [1.807, 2.05) is 0 Å². The molecule has 0 N–H and O–H groups in total. The highest BCUT2D eigenvalue weighted by Crippen LogP contribution is 2.29. The topological polar surface area (TPSA) is 34.2 Å². The van der Waals surface area contributed by atoms with Crippen LogP contribution >= 0.6 is 0 Å². The van der Waals surface area contributed by atoms with Crippen molar-refractivity contribution in [3.05, 3.63) is 0 Å². The fourth-order valence-electron chi connectivity index (χ4n) is 4.18. The van der Waals surface area contributed by atoms with Gasteiger partial charge in [-0.1, -0.05) is 0 Å². The maximum absolute atomic E-state index is 13.3. The lowest BCUT2D eigenvalue weighted by molar-refractivity contribution is -0.0515. The van der Waals surface area contributed by atoms with Crippen LogP contribution in [-0.2, 0) is 14.2 Å². The normalized spacial score (nSPS) is 28.3. The largest absolute Gasteiger partial charge is 0.380 e. The predicted molar refractivity (Wildman–Crippen MR) is 107 cm³/mol. The number of likely N-dealkylation sites (tertiary alicyclic amines) is 2. The number of halogens is 1. The van der Waals surface area contributed by atoms with E-state index in [1.165, 1.54) is 0 Å². The van der Waals surface area contributed by atoms with Gasteiger partial charge in [-0.15, -0.1) is 0 Å². The van der Waals surface area contributed by atoms with Crippen molar-refractivity contribution in [1.29, 1.82) is 0 Å². The van der Waals surface area contributed by atoms with Gasteiger partial charge in [0.1, 0.15) is 6.17 Å². The van der Waals surface area contributed by atoms with E-state index in [2.05, 4.69) is 44.4 Å². The third-order valence-electron chi connectivity index (χ3n) is 5.57. The van der Waals surface area contributed by atoms with Gasteiger partial charge in [0.05, 0.1) is 30.5 Å². The SMILES string of the molecule is COC1CN(CCOC(C)(C)C)CC1CC(C)(C)OCCN1CCC(F)C1. The number of methoxy groups -OCH3 is 1. The van der Waals surface area contributed by atoms with Gasteiger partial charge in [0.2, 0.25) is 0 Å². The van der Waals surface area contributed by atoms with Crippen molar-refractivity contribution in [2.75, 3.05) is 59.6 Å². The second-order valence-electron chi connectivity index (χ2n) is 9.75. The minimum absolute atomic E-state index is 0.0902. The van der Waals surface area contributed by atoms with Crippen LogP contribution in [0.1, 0.15) is 47.5 Å². The number of alkyl halides is 1. The molecule has 5 nitrogen and oxygen atoms in total. The number of hydrogen-bond donors (Lipinski definition) is 0. The Morgan fingerprint density at radius 1 is 0.926 bits per heavy atom. The summed E-state index contributed by atoms with van der Waals surface area (Å²) in [5, 5.41) is 0. The quantitative estimate of drug-likeness (QED) is 0.575. The van der Waals surface area contributed by atoms with Crippen LogP contribution in [0, 0.1) is 5.92 Å². The third-order valence-corrected chi connectivity index (χ3v) is 5.57. The average Bonchev–Trinajstić information content (AvgIpc) is 3.11. The Hall–Kier alpha value is -0.270. The highest BCUT2D eigenvalue weighted by atomic mass is 19.1. The summed E-state index contributed by atoms with van der Waals surface area (Å²) in [6, 6.07) is 0. The van der Waals surface area contributed by atoms with Gasteiger partial charge >= 0.3 is 0 Å². The second-order valence-corrected chi connectivity index (χ2v) is 9.75. The summed E-state index contributed by atoms with van der Waals surface area (Å²) < 4.78 is 31.1. The molecule has 0 aromatic heterocycles. The molecule has 2 saturated heterocycles. The van der Waals surface area contributed by atoms with E-state index in [9.17, 15) is 4.39 Å². The monoisotopic (exact) mass is 388 g/mol.